The highest BCUT2D eigenvalue weighted by Crippen LogP contribution is 2.34. The van der Waals surface area contributed by atoms with Gasteiger partial charge in [0.1, 0.15) is 14.1 Å². The third-order valence-electron chi connectivity index (χ3n) is 10.6. The van der Waals surface area contributed by atoms with E-state index >= 15 is 0 Å². The molecule has 4 heteroatoms. The van der Waals surface area contributed by atoms with Crippen LogP contribution in [-0.2, 0) is 20.5 Å². The summed E-state index contributed by atoms with van der Waals surface area (Å²) in [4.78, 5) is 0. The van der Waals surface area contributed by atoms with Gasteiger partial charge in [-0.3, -0.25) is 0 Å². The first kappa shape index (κ1) is 33.6. The molecule has 0 N–H and O–H groups in total. The van der Waals surface area contributed by atoms with E-state index in [0.717, 1.165) is 28.9 Å². The minimum absolute atomic E-state index is 0.761. The van der Waals surface area contributed by atoms with Crippen molar-refractivity contribution >= 4 is 34.2 Å². The lowest BCUT2D eigenvalue weighted by Crippen LogP contribution is -2.36. The first-order chi connectivity index (χ1) is 27.1. The summed E-state index contributed by atoms with van der Waals surface area (Å²) in [7, 11) is 4.23. The first-order valence-corrected chi connectivity index (χ1v) is 18.7. The summed E-state index contributed by atoms with van der Waals surface area (Å²) >= 11 is 0. The van der Waals surface area contributed by atoms with Crippen molar-refractivity contribution in [1.82, 2.24) is 0 Å². The maximum atomic E-state index is 3.22. The van der Waals surface area contributed by atoms with Crippen molar-refractivity contribution in [2.45, 2.75) is 6.42 Å². The van der Waals surface area contributed by atoms with Crippen LogP contribution in [0.2, 0.25) is 0 Å². The lowest BCUT2D eigenvalue weighted by atomic mass is 9.94. The number of hydrogen-bond donors (Lipinski definition) is 0. The molecule has 0 atom stereocenters. The van der Waals surface area contributed by atoms with Crippen molar-refractivity contribution < 1.29 is 18.3 Å². The summed E-state index contributed by atoms with van der Waals surface area (Å²) in [6.07, 6.45) is 13.7. The number of hydrogen-bond acceptors (Lipinski definition) is 0. The minimum Gasteiger partial charge on any atom is -0.201 e. The van der Waals surface area contributed by atoms with Gasteiger partial charge in [0.2, 0.25) is 23.8 Å². The van der Waals surface area contributed by atoms with E-state index in [2.05, 4.69) is 239 Å². The molecule has 5 aromatic carbocycles. The zero-order chi connectivity index (χ0) is 37.1. The molecule has 0 bridgehead atoms. The van der Waals surface area contributed by atoms with Crippen LogP contribution >= 0.6 is 0 Å². The number of aromatic nitrogens is 4. The molecule has 0 saturated heterocycles. The second kappa shape index (κ2) is 14.7. The Labute approximate surface area is 322 Å². The topological polar surface area (TPSA) is 15.5 Å². The standard InChI is InChI=1S/C51H40N4/c1-52-31-15-13-25-48(52)44-23-11-9-21-40(44)37-41-22-10-12-24-45(41)49-26-14-16-32-54(49)35-36-55-34-30-43(39-19-7-4-8-20-39)47-28-27-46-42(38-17-5-3-6-18-38)29-33-53(2)50(46)51(47)55/h3-8,10,12-36H,37H2,1-2H3/q+4. The predicted octanol–water partition coefficient (Wildman–Crippen LogP) is 9.16. The molecule has 0 aliphatic rings. The van der Waals surface area contributed by atoms with Crippen LogP contribution in [0.4, 0.5) is 0 Å². The monoisotopic (exact) mass is 708 g/mol. The Hall–Kier alpha value is -7.22. The fourth-order valence-corrected chi connectivity index (χ4v) is 7.85. The van der Waals surface area contributed by atoms with E-state index in [0.29, 0.717) is 0 Å². The number of aryl methyl sites for hydroxylation is 2. The van der Waals surface area contributed by atoms with E-state index in [-0.39, 0.29) is 0 Å². The highest BCUT2D eigenvalue weighted by Gasteiger charge is 2.25. The molecule has 4 nitrogen and oxygen atoms in total. The van der Waals surface area contributed by atoms with Crippen molar-refractivity contribution in [3.63, 3.8) is 0 Å². The molecule has 0 spiro atoms. The zero-order valence-electron chi connectivity index (χ0n) is 31.0. The van der Waals surface area contributed by atoms with Crippen molar-refractivity contribution in [3.05, 3.63) is 206 Å². The zero-order valence-corrected chi connectivity index (χ0v) is 31.0. The van der Waals surface area contributed by atoms with Gasteiger partial charge in [-0.05, 0) is 65.1 Å². The summed E-state index contributed by atoms with van der Waals surface area (Å²) in [6.45, 7) is 0. The Kier molecular flexibility index (Phi) is 8.96. The molecular formula is C51H40N4+4. The van der Waals surface area contributed by atoms with Crippen LogP contribution in [0.25, 0.3) is 79.0 Å². The molecule has 9 rings (SSSR count). The quantitative estimate of drug-likeness (QED) is 0.111. The van der Waals surface area contributed by atoms with E-state index in [1.54, 1.807) is 0 Å². The largest absolute Gasteiger partial charge is 0.291 e. The minimum atomic E-state index is 0.761. The molecular weight excluding hydrogens is 669 g/mol. The maximum Gasteiger partial charge on any atom is 0.291 e. The van der Waals surface area contributed by atoms with Gasteiger partial charge < -0.3 is 0 Å². The number of fused-ring (bicyclic) bond motifs is 3. The maximum absolute atomic E-state index is 3.22. The van der Waals surface area contributed by atoms with Gasteiger partial charge in [0, 0.05) is 53.6 Å². The number of rotatable bonds is 8. The van der Waals surface area contributed by atoms with Gasteiger partial charge >= 0.3 is 0 Å². The van der Waals surface area contributed by atoms with Gasteiger partial charge in [0.25, 0.3) is 11.0 Å². The van der Waals surface area contributed by atoms with Crippen LogP contribution in [0.3, 0.4) is 0 Å². The Morgan fingerprint density at radius 2 is 1.02 bits per heavy atom. The lowest BCUT2D eigenvalue weighted by molar-refractivity contribution is -0.660. The Balaban J connectivity index is 1.18. The van der Waals surface area contributed by atoms with E-state index < -0.39 is 0 Å². The molecule has 0 aliphatic heterocycles. The summed E-state index contributed by atoms with van der Waals surface area (Å²) in [5.74, 6) is 0. The molecule has 0 fully saturated rings. The van der Waals surface area contributed by atoms with E-state index in [1.165, 1.54) is 55.2 Å². The lowest BCUT2D eigenvalue weighted by Gasteiger charge is -2.10. The van der Waals surface area contributed by atoms with Crippen LogP contribution in [0, 0.1) is 12.1 Å². The molecule has 9 aromatic rings. The predicted molar refractivity (Wildman–Crippen MR) is 221 cm³/mol. The third-order valence-corrected chi connectivity index (χ3v) is 10.6. The summed E-state index contributed by atoms with van der Waals surface area (Å²) in [6, 6.07) is 62.4. The average molecular weight is 709 g/mol. The number of nitrogens with zero attached hydrogens (tertiary/aromatic N) is 4. The van der Waals surface area contributed by atoms with Gasteiger partial charge in [0.05, 0.1) is 21.9 Å². The van der Waals surface area contributed by atoms with Crippen molar-refractivity contribution in [1.29, 1.82) is 0 Å². The SMILES string of the molecule is C[n+]1ccccc1-c1cc#ccc1Cc1ccccc1-c1cccc[n+]1C=C[n+]1ccc(-c2ccccc2)c2ccc3c(-c4ccccc4)cc[n+](C)c3c21. The van der Waals surface area contributed by atoms with E-state index in [1.807, 2.05) is 0 Å². The van der Waals surface area contributed by atoms with Gasteiger partial charge in [-0.25, -0.2) is 4.57 Å². The molecule has 260 valence electrons. The first-order valence-electron chi connectivity index (χ1n) is 18.7. The second-order valence-electron chi connectivity index (χ2n) is 13.9. The van der Waals surface area contributed by atoms with Crippen molar-refractivity contribution in [2.75, 3.05) is 0 Å². The van der Waals surface area contributed by atoms with Crippen molar-refractivity contribution in [2.24, 2.45) is 14.1 Å². The molecule has 0 unspecified atom stereocenters. The summed E-state index contributed by atoms with van der Waals surface area (Å²) in [5.41, 5.74) is 14.2. The molecule has 0 radical (unpaired) electrons. The molecule has 0 aliphatic carbocycles. The highest BCUT2D eigenvalue weighted by atomic mass is 15.0. The van der Waals surface area contributed by atoms with Gasteiger partial charge in [-0.1, -0.05) is 91.0 Å². The van der Waals surface area contributed by atoms with Gasteiger partial charge in [0.15, 0.2) is 24.8 Å². The molecule has 4 aromatic heterocycles. The van der Waals surface area contributed by atoms with Crippen LogP contribution in [0.5, 0.6) is 0 Å². The summed E-state index contributed by atoms with van der Waals surface area (Å²) in [5, 5.41) is 2.40. The van der Waals surface area contributed by atoms with Crippen LogP contribution in [-0.4, -0.2) is 0 Å². The Morgan fingerprint density at radius 1 is 0.418 bits per heavy atom. The fourth-order valence-electron chi connectivity index (χ4n) is 7.85. The average Bonchev–Trinajstić information content (AvgIpc) is 3.24. The van der Waals surface area contributed by atoms with Crippen LogP contribution in [0.1, 0.15) is 11.1 Å². The van der Waals surface area contributed by atoms with Gasteiger partial charge in [-0.2, -0.15) is 13.7 Å². The molecule has 0 saturated carbocycles. The summed E-state index contributed by atoms with van der Waals surface area (Å²) < 4.78 is 8.92. The fraction of sp³-hybridized carbons (Fsp3) is 0.0588. The van der Waals surface area contributed by atoms with E-state index in [4.69, 9.17) is 0 Å². The smallest absolute Gasteiger partial charge is 0.201 e. The molecule has 4 heterocycles. The Morgan fingerprint density at radius 3 is 1.76 bits per heavy atom. The Bertz CT molecular complexity index is 2860. The molecule has 0 amide bonds. The van der Waals surface area contributed by atoms with Crippen LogP contribution in [0.15, 0.2) is 183 Å². The second-order valence-corrected chi connectivity index (χ2v) is 13.9. The van der Waals surface area contributed by atoms with E-state index in [9.17, 15) is 0 Å². The number of pyridine rings is 4. The molecule has 55 heavy (non-hydrogen) atoms. The normalized spacial score (nSPS) is 11.3. The van der Waals surface area contributed by atoms with Crippen LogP contribution < -0.4 is 18.3 Å². The van der Waals surface area contributed by atoms with Crippen molar-refractivity contribution in [3.8, 4) is 44.8 Å². The third kappa shape index (κ3) is 6.43. The highest BCUT2D eigenvalue weighted by molar-refractivity contribution is 6.09. The number of benzene rings is 4. The van der Waals surface area contributed by atoms with Gasteiger partial charge in [-0.15, -0.1) is 0 Å².